The van der Waals surface area contributed by atoms with E-state index < -0.39 is 35.9 Å². The number of nitrogens with zero attached hydrogens (tertiary/aromatic N) is 1. The van der Waals surface area contributed by atoms with Crippen molar-refractivity contribution in [1.29, 1.82) is 0 Å². The van der Waals surface area contributed by atoms with Gasteiger partial charge >= 0.3 is 37.2 Å². The number of hydrogen-bond acceptors (Lipinski definition) is 7. The van der Waals surface area contributed by atoms with Gasteiger partial charge in [-0.1, -0.05) is 20.8 Å². The normalized spacial score (nSPS) is 14.9. The van der Waals surface area contributed by atoms with E-state index in [2.05, 4.69) is 0 Å². The molecule has 0 heterocycles. The third kappa shape index (κ3) is 7.88. The SMILES string of the molecule is CCOP(=O)(OCC)C(N(OC(C)(C)C(=O)[O-])C(C)(C)C)C(C)(C)C.[Na+]. The summed E-state index contributed by atoms with van der Waals surface area (Å²) in [5.74, 6) is -2.18. The molecule has 0 rings (SSSR count). The van der Waals surface area contributed by atoms with Crippen molar-refractivity contribution < 1.29 is 57.9 Å². The van der Waals surface area contributed by atoms with Gasteiger partial charge in [-0.15, -0.1) is 0 Å². The first-order chi connectivity index (χ1) is 11.0. The van der Waals surface area contributed by atoms with Gasteiger partial charge in [0.15, 0.2) is 0 Å². The summed E-state index contributed by atoms with van der Waals surface area (Å²) in [5, 5.41) is 12.9. The fraction of sp³-hybridized carbons (Fsp3) is 0.941. The Morgan fingerprint density at radius 1 is 1.00 bits per heavy atom. The van der Waals surface area contributed by atoms with Crippen LogP contribution in [0.4, 0.5) is 0 Å². The molecule has 0 spiro atoms. The molecule has 0 aliphatic carbocycles. The summed E-state index contributed by atoms with van der Waals surface area (Å²) < 4.78 is 24.7. The van der Waals surface area contributed by atoms with Gasteiger partial charge in [0.05, 0.1) is 19.2 Å². The fourth-order valence-electron chi connectivity index (χ4n) is 2.33. The zero-order valence-corrected chi connectivity index (χ0v) is 21.2. The van der Waals surface area contributed by atoms with Gasteiger partial charge in [0, 0.05) is 5.54 Å². The maximum atomic E-state index is 13.6. The van der Waals surface area contributed by atoms with Crippen LogP contribution in [0, 0.1) is 5.41 Å². The van der Waals surface area contributed by atoms with Crippen LogP contribution in [-0.4, -0.2) is 41.2 Å². The summed E-state index contributed by atoms with van der Waals surface area (Å²) in [4.78, 5) is 17.3. The monoisotopic (exact) mass is 403 g/mol. The number of hydrogen-bond donors (Lipinski definition) is 0. The quantitative estimate of drug-likeness (QED) is 0.308. The summed E-state index contributed by atoms with van der Waals surface area (Å²) in [6.45, 7) is 17.9. The molecule has 1 atom stereocenters. The molecule has 0 aromatic rings. The van der Waals surface area contributed by atoms with Crippen LogP contribution in [0.5, 0.6) is 0 Å². The van der Waals surface area contributed by atoms with E-state index in [0.29, 0.717) is 0 Å². The molecule has 0 N–H and O–H groups in total. The Morgan fingerprint density at radius 3 is 1.62 bits per heavy atom. The molecule has 0 saturated heterocycles. The van der Waals surface area contributed by atoms with Gasteiger partial charge in [-0.25, -0.2) is 0 Å². The second-order valence-electron chi connectivity index (χ2n) is 8.50. The second kappa shape index (κ2) is 10.4. The van der Waals surface area contributed by atoms with Gasteiger partial charge in [-0.05, 0) is 53.9 Å². The summed E-state index contributed by atoms with van der Waals surface area (Å²) in [7, 11) is -3.63. The predicted octanol–water partition coefficient (Wildman–Crippen LogP) is 0.189. The fourth-order valence-corrected chi connectivity index (χ4v) is 5.01. The second-order valence-corrected chi connectivity index (χ2v) is 10.6. The molecular formula is C17H35NNaO6P. The van der Waals surface area contributed by atoms with Crippen LogP contribution in [0.2, 0.25) is 0 Å². The zero-order valence-electron chi connectivity index (χ0n) is 18.3. The van der Waals surface area contributed by atoms with Crippen molar-refractivity contribution in [1.82, 2.24) is 5.06 Å². The molecule has 7 nitrogen and oxygen atoms in total. The van der Waals surface area contributed by atoms with Crippen molar-refractivity contribution in [3.05, 3.63) is 0 Å². The van der Waals surface area contributed by atoms with Gasteiger partial charge < -0.3 is 18.9 Å². The minimum atomic E-state index is -3.63. The third-order valence-corrected chi connectivity index (χ3v) is 6.21. The molecule has 0 aromatic carbocycles. The number of carbonyl (C=O) groups excluding carboxylic acids is 1. The molecule has 0 amide bonds. The summed E-state index contributed by atoms with van der Waals surface area (Å²) >= 11 is 0. The Morgan fingerprint density at radius 2 is 1.38 bits per heavy atom. The minimum Gasteiger partial charge on any atom is -0.547 e. The maximum Gasteiger partial charge on any atom is 1.00 e. The van der Waals surface area contributed by atoms with E-state index in [1.807, 2.05) is 41.5 Å². The van der Waals surface area contributed by atoms with Gasteiger partial charge in [-0.3, -0.25) is 9.40 Å². The Bertz CT molecular complexity index is 488. The molecule has 26 heavy (non-hydrogen) atoms. The van der Waals surface area contributed by atoms with Gasteiger partial charge in [0.1, 0.15) is 11.4 Å². The van der Waals surface area contributed by atoms with Crippen LogP contribution in [0.3, 0.4) is 0 Å². The number of carboxylic acids is 1. The van der Waals surface area contributed by atoms with Crippen LogP contribution in [0.25, 0.3) is 0 Å². The van der Waals surface area contributed by atoms with E-state index in [9.17, 15) is 14.5 Å². The summed E-state index contributed by atoms with van der Waals surface area (Å²) in [5.41, 5.74) is -2.87. The molecule has 0 aliphatic heterocycles. The molecule has 0 fully saturated rings. The standard InChI is InChI=1S/C17H36NO6P.Na/c1-11-22-25(21,23-12-2)13(15(3,4)5)18(16(6,7)8)24-17(9,10)14(19)20;/h13H,11-12H2,1-10H3,(H,19,20);/q;+1/p-1. The van der Waals surface area contributed by atoms with Gasteiger partial charge in [0.2, 0.25) is 0 Å². The minimum absolute atomic E-state index is 0. The van der Waals surface area contributed by atoms with Gasteiger partial charge in [0.25, 0.3) is 0 Å². The van der Waals surface area contributed by atoms with E-state index in [-0.39, 0.29) is 42.8 Å². The maximum absolute atomic E-state index is 13.6. The molecule has 0 bridgehead atoms. The Hall–Kier alpha value is 0.540. The van der Waals surface area contributed by atoms with Gasteiger partial charge in [-0.2, -0.15) is 5.06 Å². The largest absolute Gasteiger partial charge is 1.00 e. The number of rotatable bonds is 9. The molecule has 9 heteroatoms. The van der Waals surface area contributed by atoms with Crippen molar-refractivity contribution in [3.8, 4) is 0 Å². The Labute approximate surface area is 180 Å². The molecule has 150 valence electrons. The zero-order chi connectivity index (χ0) is 20.3. The van der Waals surface area contributed by atoms with Crippen LogP contribution < -0.4 is 34.7 Å². The van der Waals surface area contributed by atoms with Crippen LogP contribution in [-0.2, 0) is 23.2 Å². The molecule has 0 aromatic heterocycles. The van der Waals surface area contributed by atoms with Crippen molar-refractivity contribution in [3.63, 3.8) is 0 Å². The number of carbonyl (C=O) groups is 1. The Balaban J connectivity index is 0. The van der Waals surface area contributed by atoms with E-state index in [0.717, 1.165) is 0 Å². The average molecular weight is 403 g/mol. The van der Waals surface area contributed by atoms with Crippen LogP contribution in [0.1, 0.15) is 69.2 Å². The van der Waals surface area contributed by atoms with E-state index >= 15 is 0 Å². The van der Waals surface area contributed by atoms with E-state index in [1.54, 1.807) is 13.8 Å². The van der Waals surface area contributed by atoms with Crippen LogP contribution in [0.15, 0.2) is 0 Å². The molecular weight excluding hydrogens is 368 g/mol. The first kappa shape index (κ1) is 28.7. The van der Waals surface area contributed by atoms with Crippen molar-refractivity contribution >= 4 is 13.6 Å². The smallest absolute Gasteiger partial charge is 0.547 e. The van der Waals surface area contributed by atoms with E-state index in [1.165, 1.54) is 18.9 Å². The average Bonchev–Trinajstić information content (AvgIpc) is 2.35. The number of aliphatic carboxylic acids is 1. The summed E-state index contributed by atoms with van der Waals surface area (Å²) in [6.07, 6.45) is 0. The Kier molecular flexibility index (Phi) is 11.4. The van der Waals surface area contributed by atoms with Crippen LogP contribution >= 0.6 is 7.60 Å². The van der Waals surface area contributed by atoms with Crippen molar-refractivity contribution in [2.45, 2.75) is 86.2 Å². The molecule has 0 radical (unpaired) electrons. The van der Waals surface area contributed by atoms with Crippen molar-refractivity contribution in [2.24, 2.45) is 5.41 Å². The molecule has 0 saturated carbocycles. The predicted molar refractivity (Wildman–Crippen MR) is 95.9 cm³/mol. The first-order valence-electron chi connectivity index (χ1n) is 8.61. The first-order valence-corrected chi connectivity index (χ1v) is 10.2. The number of carboxylic acid groups (broad SMARTS) is 1. The molecule has 1 unspecified atom stereocenters. The molecule has 0 aliphatic rings. The topological polar surface area (TPSA) is 88.1 Å². The summed E-state index contributed by atoms with van der Waals surface area (Å²) in [6, 6.07) is 0. The van der Waals surface area contributed by atoms with E-state index in [4.69, 9.17) is 13.9 Å². The number of hydroxylamine groups is 2. The third-order valence-electron chi connectivity index (χ3n) is 3.39. The van der Waals surface area contributed by atoms with Crippen molar-refractivity contribution in [2.75, 3.05) is 13.2 Å².